The van der Waals surface area contributed by atoms with Crippen molar-refractivity contribution in [3.05, 3.63) is 72.1 Å². The summed E-state index contributed by atoms with van der Waals surface area (Å²) in [5.41, 5.74) is 7.50. The first kappa shape index (κ1) is 18.3. The van der Waals surface area contributed by atoms with E-state index in [0.29, 0.717) is 12.4 Å². The van der Waals surface area contributed by atoms with E-state index in [4.69, 9.17) is 10.5 Å². The maximum Gasteiger partial charge on any atom is 0.313 e. The molecule has 0 amide bonds. The molecule has 138 valence electrons. The molecule has 0 aliphatic heterocycles. The summed E-state index contributed by atoms with van der Waals surface area (Å²) in [7, 11) is 0. The highest BCUT2D eigenvalue weighted by molar-refractivity contribution is 5.78. The van der Waals surface area contributed by atoms with E-state index < -0.39 is 0 Å². The summed E-state index contributed by atoms with van der Waals surface area (Å²) in [6.45, 7) is 1.88. The van der Waals surface area contributed by atoms with E-state index >= 15 is 0 Å². The summed E-state index contributed by atoms with van der Waals surface area (Å²) in [6, 6.07) is 19.0. The van der Waals surface area contributed by atoms with Gasteiger partial charge in [0.15, 0.2) is 12.4 Å². The van der Waals surface area contributed by atoms with Crippen LogP contribution >= 0.6 is 0 Å². The van der Waals surface area contributed by atoms with Crippen molar-refractivity contribution >= 4 is 23.6 Å². The average molecular weight is 363 g/mol. The molecule has 1 aromatic heterocycles. The number of nitrogens with two attached hydrogens (primary N) is 1. The molecule has 0 radical (unpaired) electrons. The lowest BCUT2D eigenvalue weighted by Crippen LogP contribution is -2.17. The molecular weight excluding hydrogens is 342 g/mol. The molecule has 0 fully saturated rings. The van der Waals surface area contributed by atoms with Crippen LogP contribution in [0.3, 0.4) is 0 Å². The topological polar surface area (TPSA) is 103 Å². The summed E-state index contributed by atoms with van der Waals surface area (Å²) >= 11 is 0. The summed E-state index contributed by atoms with van der Waals surface area (Å²) in [5.74, 6) is 0.00387. The Kier molecular flexibility index (Phi) is 5.94. The van der Waals surface area contributed by atoms with Crippen molar-refractivity contribution in [2.75, 3.05) is 11.1 Å². The third-order valence-electron chi connectivity index (χ3n) is 3.97. The number of carbonyl (C=O) groups excluding carboxylic acids is 1. The van der Waals surface area contributed by atoms with Crippen LogP contribution in [0.4, 0.5) is 17.6 Å². The van der Waals surface area contributed by atoms with E-state index in [9.17, 15) is 4.79 Å². The lowest BCUT2D eigenvalue weighted by molar-refractivity contribution is -0.147. The molecule has 27 heavy (non-hydrogen) atoms. The highest BCUT2D eigenvalue weighted by atomic mass is 16.5. The molecule has 2 aromatic carbocycles. The number of benzene rings is 2. The second-order valence-electron chi connectivity index (χ2n) is 5.90. The van der Waals surface area contributed by atoms with Crippen LogP contribution in [0.1, 0.15) is 30.7 Å². The first-order valence-corrected chi connectivity index (χ1v) is 8.69. The number of aromatic nitrogens is 3. The molecule has 0 bridgehead atoms. The Balaban J connectivity index is 1.67. The Hall–Kier alpha value is -3.48. The van der Waals surface area contributed by atoms with Crippen molar-refractivity contribution in [2.24, 2.45) is 0 Å². The van der Waals surface area contributed by atoms with Crippen LogP contribution in [0.25, 0.3) is 0 Å². The third-order valence-corrected chi connectivity index (χ3v) is 3.97. The van der Waals surface area contributed by atoms with Crippen LogP contribution in [0.5, 0.6) is 0 Å². The van der Waals surface area contributed by atoms with Gasteiger partial charge < -0.3 is 15.8 Å². The summed E-state index contributed by atoms with van der Waals surface area (Å²) in [4.78, 5) is 24.8. The molecule has 1 atom stereocenters. The molecular formula is C20H21N5O2. The highest BCUT2D eigenvalue weighted by Crippen LogP contribution is 2.21. The van der Waals surface area contributed by atoms with Gasteiger partial charge in [-0.25, -0.2) is 0 Å². The molecule has 3 aromatic rings. The molecule has 0 spiro atoms. The van der Waals surface area contributed by atoms with Crippen molar-refractivity contribution in [1.82, 2.24) is 15.0 Å². The van der Waals surface area contributed by atoms with E-state index in [1.807, 2.05) is 67.6 Å². The second kappa shape index (κ2) is 8.75. The van der Waals surface area contributed by atoms with Crippen LogP contribution in [0, 0.1) is 0 Å². The van der Waals surface area contributed by atoms with Crippen LogP contribution in [-0.4, -0.2) is 20.9 Å². The third kappa shape index (κ3) is 5.01. The first-order valence-electron chi connectivity index (χ1n) is 8.69. The zero-order valence-corrected chi connectivity index (χ0v) is 15.0. The number of hydrogen-bond donors (Lipinski definition) is 2. The Bertz CT molecular complexity index is 887. The monoisotopic (exact) mass is 363 g/mol. The van der Waals surface area contributed by atoms with Gasteiger partial charge in [0, 0.05) is 5.69 Å². The van der Waals surface area contributed by atoms with Crippen molar-refractivity contribution in [3.8, 4) is 0 Å². The van der Waals surface area contributed by atoms with Crippen molar-refractivity contribution in [3.63, 3.8) is 0 Å². The van der Waals surface area contributed by atoms with Crippen LogP contribution in [-0.2, 0) is 16.1 Å². The number of rotatable bonds is 7. The number of ether oxygens (including phenoxy) is 1. The van der Waals surface area contributed by atoms with E-state index in [1.54, 1.807) is 0 Å². The molecule has 1 heterocycles. The largest absolute Gasteiger partial charge is 0.457 e. The van der Waals surface area contributed by atoms with Crippen LogP contribution in [0.2, 0.25) is 0 Å². The molecule has 0 saturated heterocycles. The van der Waals surface area contributed by atoms with Crippen molar-refractivity contribution in [1.29, 1.82) is 0 Å². The van der Waals surface area contributed by atoms with Gasteiger partial charge in [-0.05, 0) is 24.1 Å². The fourth-order valence-corrected chi connectivity index (χ4v) is 2.67. The Morgan fingerprint density at radius 2 is 1.70 bits per heavy atom. The molecule has 3 N–H and O–H groups in total. The summed E-state index contributed by atoms with van der Waals surface area (Å²) < 4.78 is 5.42. The van der Waals surface area contributed by atoms with Gasteiger partial charge in [0.1, 0.15) is 0 Å². The minimum atomic E-state index is -0.327. The number of nitrogens with one attached hydrogen (secondary N) is 1. The fraction of sp³-hybridized carbons (Fsp3) is 0.200. The van der Waals surface area contributed by atoms with Gasteiger partial charge in [-0.2, -0.15) is 15.0 Å². The predicted molar refractivity (Wildman–Crippen MR) is 103 cm³/mol. The molecule has 7 nitrogen and oxygen atoms in total. The fourth-order valence-electron chi connectivity index (χ4n) is 2.67. The zero-order valence-electron chi connectivity index (χ0n) is 15.0. The van der Waals surface area contributed by atoms with Gasteiger partial charge in [-0.15, -0.1) is 0 Å². The number of nitrogen functional groups attached to an aromatic ring is 1. The van der Waals surface area contributed by atoms with E-state index in [1.165, 1.54) is 0 Å². The number of para-hydroxylation sites is 1. The maximum absolute atomic E-state index is 12.5. The molecule has 3 rings (SSSR count). The molecule has 0 aliphatic carbocycles. The molecule has 0 aliphatic rings. The number of carbonyl (C=O) groups is 1. The van der Waals surface area contributed by atoms with E-state index in [2.05, 4.69) is 20.3 Å². The number of anilines is 3. The predicted octanol–water partition coefficient (Wildman–Crippen LogP) is 3.43. The lowest BCUT2D eigenvalue weighted by Gasteiger charge is -2.14. The van der Waals surface area contributed by atoms with Gasteiger partial charge in [0.25, 0.3) is 0 Å². The van der Waals surface area contributed by atoms with Gasteiger partial charge in [0.05, 0.1) is 5.92 Å². The number of esters is 1. The van der Waals surface area contributed by atoms with E-state index in [0.717, 1.165) is 11.3 Å². The smallest absolute Gasteiger partial charge is 0.313 e. The van der Waals surface area contributed by atoms with Gasteiger partial charge in [-0.1, -0.05) is 55.5 Å². The number of hydrogen-bond acceptors (Lipinski definition) is 7. The molecule has 0 unspecified atom stereocenters. The van der Waals surface area contributed by atoms with Crippen LogP contribution < -0.4 is 11.1 Å². The molecule has 7 heteroatoms. The lowest BCUT2D eigenvalue weighted by atomic mass is 9.97. The summed E-state index contributed by atoms with van der Waals surface area (Å²) in [6.07, 6.45) is 0.642. The Labute approximate surface area is 157 Å². The quantitative estimate of drug-likeness (QED) is 0.620. The zero-order chi connectivity index (χ0) is 19.1. The van der Waals surface area contributed by atoms with Crippen molar-refractivity contribution in [2.45, 2.75) is 25.9 Å². The average Bonchev–Trinajstić information content (AvgIpc) is 2.68. The van der Waals surface area contributed by atoms with Crippen molar-refractivity contribution < 1.29 is 9.53 Å². The summed E-state index contributed by atoms with van der Waals surface area (Å²) in [5, 5.41) is 3.05. The van der Waals surface area contributed by atoms with E-state index in [-0.39, 0.29) is 30.3 Å². The SMILES string of the molecule is CC[C@@H](C(=O)OCc1nc(N)nc(Nc2ccccc2)n1)c1ccccc1. The van der Waals surface area contributed by atoms with Gasteiger partial charge in [-0.3, -0.25) is 4.79 Å². The van der Waals surface area contributed by atoms with Crippen LogP contribution in [0.15, 0.2) is 60.7 Å². The second-order valence-corrected chi connectivity index (χ2v) is 5.90. The maximum atomic E-state index is 12.5. The highest BCUT2D eigenvalue weighted by Gasteiger charge is 2.20. The first-order chi connectivity index (χ1) is 13.2. The minimum absolute atomic E-state index is 0.0598. The minimum Gasteiger partial charge on any atom is -0.457 e. The van der Waals surface area contributed by atoms with Gasteiger partial charge >= 0.3 is 5.97 Å². The molecule has 0 saturated carbocycles. The standard InChI is InChI=1S/C20H21N5O2/c1-2-16(14-9-5-3-6-10-14)18(26)27-13-17-23-19(21)25-20(24-17)22-15-11-7-4-8-12-15/h3-12,16H,2,13H2,1H3,(H3,21,22,23,24,25)/t16-/m1/s1. The Morgan fingerprint density at radius 3 is 2.37 bits per heavy atom. The Morgan fingerprint density at radius 1 is 1.04 bits per heavy atom. The van der Waals surface area contributed by atoms with Gasteiger partial charge in [0.2, 0.25) is 11.9 Å². The number of nitrogens with zero attached hydrogens (tertiary/aromatic N) is 3. The normalized spacial score (nSPS) is 11.6.